The normalized spacial score (nSPS) is 11.1. The van der Waals surface area contributed by atoms with Gasteiger partial charge < -0.3 is 5.32 Å². The highest BCUT2D eigenvalue weighted by molar-refractivity contribution is 7.13. The number of carbonyl (C=O) groups is 1. The smallest absolute Gasteiger partial charge is 0.255 e. The minimum atomic E-state index is -0.530. The molecule has 0 aliphatic carbocycles. The van der Waals surface area contributed by atoms with Crippen LogP contribution in [-0.2, 0) is 4.79 Å². The summed E-state index contributed by atoms with van der Waals surface area (Å²) in [6.07, 6.45) is 0. The fourth-order valence-electron chi connectivity index (χ4n) is 3.89. The molecule has 3 heterocycles. The highest BCUT2D eigenvalue weighted by Crippen LogP contribution is 2.30. The van der Waals surface area contributed by atoms with Gasteiger partial charge >= 0.3 is 0 Å². The highest BCUT2D eigenvalue weighted by atomic mass is 32.1. The Morgan fingerprint density at radius 1 is 0.971 bits per heavy atom. The summed E-state index contributed by atoms with van der Waals surface area (Å²) in [7, 11) is 0. The number of rotatable bonds is 6. The van der Waals surface area contributed by atoms with Crippen LogP contribution in [0.3, 0.4) is 0 Å². The van der Waals surface area contributed by atoms with Crippen molar-refractivity contribution < 1.29 is 4.79 Å². The molecule has 0 saturated carbocycles. The molecule has 0 aliphatic heterocycles. The van der Waals surface area contributed by atoms with Gasteiger partial charge in [0.05, 0.1) is 10.8 Å². The largest absolute Gasteiger partial charge is 0.310 e. The second-order valence-corrected chi connectivity index (χ2v) is 9.10. The Hall–Kier alpha value is -4.30. The van der Waals surface area contributed by atoms with Crippen molar-refractivity contribution in [1.29, 1.82) is 0 Å². The molecule has 0 unspecified atom stereocenters. The molecule has 0 radical (unpaired) electrons. The molecule has 1 amide bonds. The predicted octanol–water partition coefficient (Wildman–Crippen LogP) is 5.07. The maximum absolute atomic E-state index is 13.7. The van der Waals surface area contributed by atoms with E-state index in [1.54, 1.807) is 31.3 Å². The molecule has 7 nitrogen and oxygen atoms in total. The number of H-pyrrole nitrogens is 1. The Kier molecular flexibility index (Phi) is 6.12. The van der Waals surface area contributed by atoms with Gasteiger partial charge in [0, 0.05) is 17.3 Å². The molecule has 5 aromatic rings. The van der Waals surface area contributed by atoms with Crippen LogP contribution in [-0.4, -0.2) is 25.7 Å². The van der Waals surface area contributed by atoms with E-state index in [1.807, 2.05) is 78.2 Å². The number of nitrogens with zero attached hydrogens (tertiary/aromatic N) is 3. The van der Waals surface area contributed by atoms with Gasteiger partial charge in [-0.3, -0.25) is 14.6 Å². The van der Waals surface area contributed by atoms with E-state index >= 15 is 0 Å². The number of nitrogens with one attached hydrogen (secondary N) is 2. The number of aromatic nitrogens is 4. The lowest BCUT2D eigenvalue weighted by Gasteiger charge is -2.18. The first-order valence-corrected chi connectivity index (χ1v) is 12.0. The number of hydrogen-bond acceptors (Lipinski definition) is 5. The minimum absolute atomic E-state index is 0.215. The molecule has 2 aromatic carbocycles. The molecule has 0 fully saturated rings. The molecule has 8 heteroatoms. The number of thiophene rings is 1. The van der Waals surface area contributed by atoms with Crippen molar-refractivity contribution in [3.05, 3.63) is 117 Å². The summed E-state index contributed by atoms with van der Waals surface area (Å²) in [6, 6.07) is 25.0. The summed E-state index contributed by atoms with van der Waals surface area (Å²) in [5.74, 6) is -0.0843. The van der Waals surface area contributed by atoms with Crippen molar-refractivity contribution in [3.63, 3.8) is 0 Å². The molecule has 2 N–H and O–H groups in total. The summed E-state index contributed by atoms with van der Waals surface area (Å²) in [5, 5.41) is 9.68. The summed E-state index contributed by atoms with van der Waals surface area (Å²) >= 11 is 1.54. The fourth-order valence-corrected chi connectivity index (χ4v) is 4.57. The number of carbonyl (C=O) groups excluding carboxylic acids is 1. The molecule has 5 rings (SSSR count). The van der Waals surface area contributed by atoms with E-state index in [0.717, 1.165) is 16.0 Å². The zero-order chi connectivity index (χ0) is 24.4. The first-order chi connectivity index (χ1) is 17.0. The maximum Gasteiger partial charge on any atom is 0.255 e. The number of anilines is 1. The standard InChI is InChI=1S/C27H23N5O2S/c1-17-18(2)28-27(30-25(17)33)32-23(16-21(31-32)22-14-9-15-35-22)29-26(34)24(19-10-5-3-6-11-19)20-12-7-4-8-13-20/h3-16,24H,1-2H3,(H,29,34)(H,28,30,33). The van der Waals surface area contributed by atoms with Gasteiger partial charge in [-0.1, -0.05) is 66.7 Å². The third-order valence-corrected chi connectivity index (χ3v) is 6.74. The third-order valence-electron chi connectivity index (χ3n) is 5.85. The van der Waals surface area contributed by atoms with E-state index in [2.05, 4.69) is 20.4 Å². The van der Waals surface area contributed by atoms with Crippen molar-refractivity contribution in [2.45, 2.75) is 19.8 Å². The van der Waals surface area contributed by atoms with Crippen LogP contribution in [0.1, 0.15) is 28.3 Å². The SMILES string of the molecule is Cc1nc(-n2nc(-c3cccs3)cc2NC(=O)C(c2ccccc2)c2ccccc2)[nH]c(=O)c1C. The van der Waals surface area contributed by atoms with Crippen molar-refractivity contribution in [2.24, 2.45) is 0 Å². The number of benzene rings is 2. The maximum atomic E-state index is 13.7. The molecule has 174 valence electrons. The van der Waals surface area contributed by atoms with E-state index in [-0.39, 0.29) is 17.4 Å². The zero-order valence-electron chi connectivity index (χ0n) is 19.2. The first-order valence-electron chi connectivity index (χ1n) is 11.1. The van der Waals surface area contributed by atoms with Gasteiger partial charge in [0.15, 0.2) is 0 Å². The fraction of sp³-hybridized carbons (Fsp3) is 0.111. The first kappa shape index (κ1) is 22.5. The highest BCUT2D eigenvalue weighted by Gasteiger charge is 2.25. The number of hydrogen-bond donors (Lipinski definition) is 2. The van der Waals surface area contributed by atoms with Crippen LogP contribution in [0, 0.1) is 13.8 Å². The lowest BCUT2D eigenvalue weighted by molar-refractivity contribution is -0.116. The molecule has 35 heavy (non-hydrogen) atoms. The van der Waals surface area contributed by atoms with E-state index in [9.17, 15) is 9.59 Å². The quantitative estimate of drug-likeness (QED) is 0.354. The lowest BCUT2D eigenvalue weighted by atomic mass is 9.90. The van der Waals surface area contributed by atoms with Crippen LogP contribution in [0.2, 0.25) is 0 Å². The van der Waals surface area contributed by atoms with Crippen LogP contribution in [0.5, 0.6) is 0 Å². The van der Waals surface area contributed by atoms with E-state index in [4.69, 9.17) is 0 Å². The minimum Gasteiger partial charge on any atom is -0.310 e. The number of aromatic amines is 1. The van der Waals surface area contributed by atoms with Crippen molar-refractivity contribution in [2.75, 3.05) is 5.32 Å². The van der Waals surface area contributed by atoms with Crippen molar-refractivity contribution in [1.82, 2.24) is 19.7 Å². The van der Waals surface area contributed by atoms with Gasteiger partial charge in [0.1, 0.15) is 11.5 Å². The van der Waals surface area contributed by atoms with Gasteiger partial charge in [-0.25, -0.2) is 4.98 Å². The van der Waals surface area contributed by atoms with Crippen LogP contribution in [0.15, 0.2) is 89.0 Å². The lowest BCUT2D eigenvalue weighted by Crippen LogP contribution is -2.25. The van der Waals surface area contributed by atoms with E-state index in [1.165, 1.54) is 4.68 Å². The van der Waals surface area contributed by atoms with Gasteiger partial charge in [-0.2, -0.15) is 9.78 Å². The van der Waals surface area contributed by atoms with Crippen LogP contribution >= 0.6 is 11.3 Å². The van der Waals surface area contributed by atoms with Gasteiger partial charge in [-0.05, 0) is 36.4 Å². The van der Waals surface area contributed by atoms with E-state index < -0.39 is 5.92 Å². The molecular formula is C27H23N5O2S. The summed E-state index contributed by atoms with van der Waals surface area (Å²) in [6.45, 7) is 3.50. The molecule has 3 aromatic heterocycles. The molecule has 0 atom stereocenters. The Morgan fingerprint density at radius 2 is 1.63 bits per heavy atom. The second kappa shape index (κ2) is 9.52. The average molecular weight is 482 g/mol. The Bertz CT molecular complexity index is 1480. The van der Waals surface area contributed by atoms with Gasteiger partial charge in [-0.15, -0.1) is 11.3 Å². The van der Waals surface area contributed by atoms with Crippen LogP contribution in [0.25, 0.3) is 16.5 Å². The average Bonchev–Trinajstić information content (AvgIpc) is 3.54. The molecular weight excluding hydrogens is 458 g/mol. The number of amides is 1. The Morgan fingerprint density at radius 3 is 2.20 bits per heavy atom. The summed E-state index contributed by atoms with van der Waals surface area (Å²) in [5.41, 5.74) is 3.31. The van der Waals surface area contributed by atoms with E-state index in [0.29, 0.717) is 22.8 Å². The molecule has 0 bridgehead atoms. The van der Waals surface area contributed by atoms with Gasteiger partial charge in [0.2, 0.25) is 11.9 Å². The molecule has 0 spiro atoms. The van der Waals surface area contributed by atoms with Crippen molar-refractivity contribution in [3.8, 4) is 16.5 Å². The zero-order valence-corrected chi connectivity index (χ0v) is 20.0. The Labute approximate surface area is 206 Å². The third kappa shape index (κ3) is 4.56. The summed E-state index contributed by atoms with van der Waals surface area (Å²) in [4.78, 5) is 34.4. The predicted molar refractivity (Wildman–Crippen MR) is 138 cm³/mol. The molecule has 0 aliphatic rings. The second-order valence-electron chi connectivity index (χ2n) is 8.15. The van der Waals surface area contributed by atoms with Crippen molar-refractivity contribution >= 4 is 23.1 Å². The van der Waals surface area contributed by atoms with Crippen LogP contribution < -0.4 is 10.9 Å². The molecule has 0 saturated heterocycles. The Balaban J connectivity index is 1.59. The monoisotopic (exact) mass is 481 g/mol. The van der Waals surface area contributed by atoms with Crippen LogP contribution in [0.4, 0.5) is 5.82 Å². The summed E-state index contributed by atoms with van der Waals surface area (Å²) < 4.78 is 1.48. The topological polar surface area (TPSA) is 92.7 Å². The van der Waals surface area contributed by atoms with Gasteiger partial charge in [0.25, 0.3) is 5.56 Å². The number of aryl methyl sites for hydroxylation is 1.